The van der Waals surface area contributed by atoms with E-state index in [0.29, 0.717) is 17.8 Å². The number of benzene rings is 1. The second kappa shape index (κ2) is 6.44. The molecule has 0 aliphatic carbocycles. The summed E-state index contributed by atoms with van der Waals surface area (Å²) in [7, 11) is 1.38. The minimum absolute atomic E-state index is 0.179. The third-order valence-corrected chi connectivity index (χ3v) is 4.19. The molecule has 1 saturated heterocycles. The van der Waals surface area contributed by atoms with Crippen molar-refractivity contribution in [3.05, 3.63) is 29.6 Å². The summed E-state index contributed by atoms with van der Waals surface area (Å²) in [5, 5.41) is 3.77. The molecule has 0 bridgehead atoms. The number of carbonyl (C=O) groups excluding carboxylic acids is 1. The standard InChI is InChI=1S/C16H20FN3O2/c1-22-18-15-13-11-12(17)5-6-14(13)20(16(15)21)10-4-9-19-7-2-3-8-19/h5-6,11H,2-4,7-10H2,1H3/b18-15-. The van der Waals surface area contributed by atoms with Crippen molar-refractivity contribution >= 4 is 17.3 Å². The van der Waals surface area contributed by atoms with Gasteiger partial charge in [0.05, 0.1) is 5.69 Å². The minimum atomic E-state index is -0.380. The summed E-state index contributed by atoms with van der Waals surface area (Å²) >= 11 is 0. The van der Waals surface area contributed by atoms with Crippen LogP contribution in [0.1, 0.15) is 24.8 Å². The molecule has 2 aliphatic heterocycles. The number of likely N-dealkylation sites (tertiary alicyclic amines) is 1. The Kier molecular flexibility index (Phi) is 4.38. The van der Waals surface area contributed by atoms with Gasteiger partial charge in [-0.2, -0.15) is 0 Å². The second-order valence-electron chi connectivity index (χ2n) is 5.64. The van der Waals surface area contributed by atoms with Crippen molar-refractivity contribution in [1.29, 1.82) is 0 Å². The van der Waals surface area contributed by atoms with E-state index in [-0.39, 0.29) is 17.4 Å². The van der Waals surface area contributed by atoms with Crippen molar-refractivity contribution in [2.24, 2.45) is 5.16 Å². The van der Waals surface area contributed by atoms with Crippen molar-refractivity contribution in [2.75, 3.05) is 38.2 Å². The monoisotopic (exact) mass is 305 g/mol. The smallest absolute Gasteiger partial charge is 0.281 e. The van der Waals surface area contributed by atoms with E-state index in [2.05, 4.69) is 10.1 Å². The highest BCUT2D eigenvalue weighted by atomic mass is 19.1. The molecule has 0 radical (unpaired) electrons. The molecule has 0 aromatic heterocycles. The number of anilines is 1. The largest absolute Gasteiger partial charge is 0.398 e. The predicted molar refractivity (Wildman–Crippen MR) is 82.6 cm³/mol. The molecule has 1 aromatic carbocycles. The third-order valence-electron chi connectivity index (χ3n) is 4.19. The lowest BCUT2D eigenvalue weighted by Gasteiger charge is -2.19. The highest BCUT2D eigenvalue weighted by Gasteiger charge is 2.34. The number of hydrogen-bond acceptors (Lipinski definition) is 4. The van der Waals surface area contributed by atoms with Gasteiger partial charge in [-0.15, -0.1) is 0 Å². The van der Waals surface area contributed by atoms with Crippen LogP contribution in [0.3, 0.4) is 0 Å². The Hall–Kier alpha value is -1.95. The number of carbonyl (C=O) groups is 1. The third kappa shape index (κ3) is 2.83. The molecule has 1 aromatic rings. The zero-order valence-corrected chi connectivity index (χ0v) is 12.7. The van der Waals surface area contributed by atoms with Crippen LogP contribution in [0.4, 0.5) is 10.1 Å². The van der Waals surface area contributed by atoms with E-state index in [1.54, 1.807) is 11.0 Å². The van der Waals surface area contributed by atoms with E-state index >= 15 is 0 Å². The minimum Gasteiger partial charge on any atom is -0.398 e. The molecule has 1 fully saturated rings. The maximum Gasteiger partial charge on any atom is 0.281 e. The molecule has 0 N–H and O–H groups in total. The molecule has 0 saturated carbocycles. The van der Waals surface area contributed by atoms with Gasteiger partial charge in [0.2, 0.25) is 0 Å². The summed E-state index contributed by atoms with van der Waals surface area (Å²) in [6.45, 7) is 3.88. The Labute approximate surface area is 129 Å². The molecule has 2 heterocycles. The Morgan fingerprint density at radius 3 is 2.77 bits per heavy atom. The van der Waals surface area contributed by atoms with Crippen LogP contribution in [0.15, 0.2) is 23.4 Å². The lowest BCUT2D eigenvalue weighted by Crippen LogP contribution is -2.33. The lowest BCUT2D eigenvalue weighted by atomic mass is 10.1. The number of amides is 1. The first kappa shape index (κ1) is 15.0. The van der Waals surface area contributed by atoms with Gasteiger partial charge in [-0.3, -0.25) is 4.79 Å². The molecule has 3 rings (SSSR count). The average Bonchev–Trinajstić information content (AvgIpc) is 3.10. The number of fused-ring (bicyclic) bond motifs is 1. The van der Waals surface area contributed by atoms with E-state index < -0.39 is 0 Å². The van der Waals surface area contributed by atoms with Crippen molar-refractivity contribution in [3.63, 3.8) is 0 Å². The van der Waals surface area contributed by atoms with Gasteiger partial charge in [0.1, 0.15) is 12.9 Å². The zero-order chi connectivity index (χ0) is 15.5. The van der Waals surface area contributed by atoms with Crippen LogP contribution in [0.25, 0.3) is 0 Å². The van der Waals surface area contributed by atoms with Crippen LogP contribution < -0.4 is 4.90 Å². The van der Waals surface area contributed by atoms with Crippen LogP contribution in [-0.4, -0.2) is 49.8 Å². The first-order valence-electron chi connectivity index (χ1n) is 7.66. The van der Waals surface area contributed by atoms with E-state index in [4.69, 9.17) is 4.84 Å². The summed E-state index contributed by atoms with van der Waals surface area (Å²) in [4.78, 5) is 21.3. The summed E-state index contributed by atoms with van der Waals surface area (Å²) in [6, 6.07) is 4.34. The number of oxime groups is 1. The molecule has 0 atom stereocenters. The summed E-state index contributed by atoms with van der Waals surface area (Å²) in [5.41, 5.74) is 1.40. The van der Waals surface area contributed by atoms with Gasteiger partial charge in [0.15, 0.2) is 5.71 Å². The Bertz CT molecular complexity index is 597. The van der Waals surface area contributed by atoms with Crippen molar-refractivity contribution in [3.8, 4) is 0 Å². The Balaban J connectivity index is 1.74. The molecule has 0 spiro atoms. The van der Waals surface area contributed by atoms with Gasteiger partial charge in [0, 0.05) is 12.1 Å². The molecule has 1 amide bonds. The normalized spacial score (nSPS) is 20.0. The molecule has 5 nitrogen and oxygen atoms in total. The molecule has 0 unspecified atom stereocenters. The van der Waals surface area contributed by atoms with Crippen LogP contribution in [0.2, 0.25) is 0 Å². The summed E-state index contributed by atoms with van der Waals surface area (Å²) < 4.78 is 13.5. The highest BCUT2D eigenvalue weighted by molar-refractivity contribution is 6.54. The lowest BCUT2D eigenvalue weighted by molar-refractivity contribution is -0.112. The maximum absolute atomic E-state index is 13.5. The molecule has 22 heavy (non-hydrogen) atoms. The first-order chi connectivity index (χ1) is 10.7. The molecular formula is C16H20FN3O2. The number of rotatable bonds is 5. The van der Waals surface area contributed by atoms with Gasteiger partial charge < -0.3 is 14.6 Å². The van der Waals surface area contributed by atoms with Gasteiger partial charge in [-0.05, 0) is 57.1 Å². The molecule has 6 heteroatoms. The van der Waals surface area contributed by atoms with Crippen molar-refractivity contribution in [2.45, 2.75) is 19.3 Å². The van der Waals surface area contributed by atoms with Crippen molar-refractivity contribution < 1.29 is 14.0 Å². The van der Waals surface area contributed by atoms with Crippen LogP contribution in [0.5, 0.6) is 0 Å². The Morgan fingerprint density at radius 1 is 1.27 bits per heavy atom. The van der Waals surface area contributed by atoms with E-state index in [0.717, 1.165) is 26.1 Å². The summed E-state index contributed by atoms with van der Waals surface area (Å²) in [6.07, 6.45) is 3.41. The highest BCUT2D eigenvalue weighted by Crippen LogP contribution is 2.30. The van der Waals surface area contributed by atoms with Crippen molar-refractivity contribution in [1.82, 2.24) is 4.90 Å². The number of nitrogens with zero attached hydrogens (tertiary/aromatic N) is 3. The predicted octanol–water partition coefficient (Wildman–Crippen LogP) is 2.01. The van der Waals surface area contributed by atoms with Gasteiger partial charge >= 0.3 is 0 Å². The van der Waals surface area contributed by atoms with Gasteiger partial charge in [-0.1, -0.05) is 5.16 Å². The quantitative estimate of drug-likeness (QED) is 0.782. The molecule has 2 aliphatic rings. The number of hydrogen-bond donors (Lipinski definition) is 0. The fourth-order valence-electron chi connectivity index (χ4n) is 3.15. The van der Waals surface area contributed by atoms with E-state index in [1.165, 1.54) is 32.1 Å². The fraction of sp³-hybridized carbons (Fsp3) is 0.500. The fourth-order valence-corrected chi connectivity index (χ4v) is 3.15. The van der Waals surface area contributed by atoms with E-state index in [9.17, 15) is 9.18 Å². The molecular weight excluding hydrogens is 285 g/mol. The summed E-state index contributed by atoms with van der Waals surface area (Å²) in [5.74, 6) is -0.599. The molecule has 118 valence electrons. The average molecular weight is 305 g/mol. The van der Waals surface area contributed by atoms with Gasteiger partial charge in [-0.25, -0.2) is 4.39 Å². The van der Waals surface area contributed by atoms with E-state index in [1.807, 2.05) is 0 Å². The SMILES string of the molecule is CO/N=C1\C(=O)N(CCCN2CCCC2)c2ccc(F)cc21. The van der Waals surface area contributed by atoms with Crippen LogP contribution in [-0.2, 0) is 9.63 Å². The van der Waals surface area contributed by atoms with Crippen LogP contribution >= 0.6 is 0 Å². The Morgan fingerprint density at radius 2 is 2.05 bits per heavy atom. The van der Waals surface area contributed by atoms with Crippen LogP contribution in [0, 0.1) is 5.82 Å². The zero-order valence-electron chi connectivity index (χ0n) is 12.7. The topological polar surface area (TPSA) is 45.1 Å². The first-order valence-corrected chi connectivity index (χ1v) is 7.66. The van der Waals surface area contributed by atoms with Gasteiger partial charge in [0.25, 0.3) is 5.91 Å². The maximum atomic E-state index is 13.5. The number of halogens is 1. The second-order valence-corrected chi connectivity index (χ2v) is 5.64.